The molecule has 28 heavy (non-hydrogen) atoms. The molecule has 0 spiro atoms. The molecule has 1 N–H and O–H groups in total. The molecule has 0 aliphatic carbocycles. The summed E-state index contributed by atoms with van der Waals surface area (Å²) >= 11 is 0. The third-order valence-electron chi connectivity index (χ3n) is 7.07. The van der Waals surface area contributed by atoms with E-state index in [1.807, 2.05) is 0 Å². The first kappa shape index (κ1) is 22.7. The van der Waals surface area contributed by atoms with Crippen LogP contribution in [0.3, 0.4) is 0 Å². The Morgan fingerprint density at radius 1 is 1.00 bits per heavy atom. The molecule has 2 aromatic rings. The molecule has 0 amide bonds. The van der Waals surface area contributed by atoms with Crippen molar-refractivity contribution in [2.45, 2.75) is 93.9 Å². The fraction of sp³-hybridized carbons (Fsp3) is 0.625. The average Bonchev–Trinajstić information content (AvgIpc) is 2.99. The van der Waals surface area contributed by atoms with Crippen molar-refractivity contribution < 1.29 is 9.67 Å². The highest BCUT2D eigenvalue weighted by Crippen LogP contribution is 2.25. The van der Waals surface area contributed by atoms with Crippen LogP contribution < -0.4 is 10.3 Å². The molecule has 1 atom stereocenters. The third-order valence-corrected chi connectivity index (χ3v) is 7.07. The SMILES string of the molecule is CC[B-](CC)(CC)c1n(-c2c(C)cc(C)cc2C)cc[n+]1CC(O)C(C)(C)C. The van der Waals surface area contributed by atoms with Crippen LogP contribution >= 0.6 is 0 Å². The molecular formula is C24H41BN2O. The van der Waals surface area contributed by atoms with E-state index in [0.29, 0.717) is 6.54 Å². The van der Waals surface area contributed by atoms with E-state index >= 15 is 0 Å². The van der Waals surface area contributed by atoms with Crippen molar-refractivity contribution in [1.29, 1.82) is 0 Å². The summed E-state index contributed by atoms with van der Waals surface area (Å²) in [6, 6.07) is 4.55. The standard InChI is InChI=1S/C24H41BN2O/c1-10-25(11-2,12-3)23-26(17-21(28)24(7,8)9)13-14-27(23)22-19(5)15-18(4)16-20(22)6/h13-16,21,28H,10-12,17H2,1-9H3. The van der Waals surface area contributed by atoms with E-state index < -0.39 is 6.15 Å². The summed E-state index contributed by atoms with van der Waals surface area (Å²) in [6.07, 6.45) is 6.74. The molecule has 1 aromatic heterocycles. The van der Waals surface area contributed by atoms with Gasteiger partial charge in [-0.1, -0.05) is 59.2 Å². The summed E-state index contributed by atoms with van der Waals surface area (Å²) < 4.78 is 4.77. The number of hydrogen-bond donors (Lipinski definition) is 1. The molecule has 1 unspecified atom stereocenters. The van der Waals surface area contributed by atoms with Crippen LogP contribution in [0.25, 0.3) is 5.69 Å². The lowest BCUT2D eigenvalue weighted by molar-refractivity contribution is -0.688. The van der Waals surface area contributed by atoms with Crippen molar-refractivity contribution in [1.82, 2.24) is 4.57 Å². The van der Waals surface area contributed by atoms with Crippen molar-refractivity contribution in [2.75, 3.05) is 0 Å². The highest BCUT2D eigenvalue weighted by atomic mass is 16.3. The summed E-state index contributed by atoms with van der Waals surface area (Å²) in [5.41, 5.74) is 6.47. The normalized spacial score (nSPS) is 13.8. The maximum absolute atomic E-state index is 10.8. The van der Waals surface area contributed by atoms with E-state index in [-0.39, 0.29) is 11.5 Å². The topological polar surface area (TPSA) is 29.0 Å². The number of aliphatic hydroxyl groups is 1. The van der Waals surface area contributed by atoms with Gasteiger partial charge in [0.25, 0.3) is 0 Å². The van der Waals surface area contributed by atoms with Crippen LogP contribution in [0.15, 0.2) is 24.5 Å². The van der Waals surface area contributed by atoms with E-state index in [2.05, 4.69) is 96.0 Å². The van der Waals surface area contributed by atoms with Gasteiger partial charge in [-0.05, 0) is 37.3 Å². The Morgan fingerprint density at radius 2 is 1.50 bits per heavy atom. The summed E-state index contributed by atoms with van der Waals surface area (Å²) in [4.78, 5) is 0. The van der Waals surface area contributed by atoms with Crippen molar-refractivity contribution in [3.05, 3.63) is 41.2 Å². The van der Waals surface area contributed by atoms with Crippen molar-refractivity contribution >= 4 is 11.9 Å². The maximum atomic E-state index is 10.8. The fourth-order valence-electron chi connectivity index (χ4n) is 4.85. The van der Waals surface area contributed by atoms with Gasteiger partial charge in [0.2, 0.25) is 0 Å². The number of imidazole rings is 1. The maximum Gasteiger partial charge on any atom is 0.134 e. The van der Waals surface area contributed by atoms with Crippen molar-refractivity contribution in [3.63, 3.8) is 0 Å². The molecule has 1 aromatic carbocycles. The van der Waals surface area contributed by atoms with Crippen LogP contribution in [0.1, 0.15) is 58.2 Å². The second-order valence-corrected chi connectivity index (χ2v) is 10.0. The predicted molar refractivity (Wildman–Crippen MR) is 122 cm³/mol. The van der Waals surface area contributed by atoms with Crippen molar-refractivity contribution in [2.24, 2.45) is 5.41 Å². The minimum Gasteiger partial charge on any atom is -0.388 e. The Bertz CT molecular complexity index is 781. The molecule has 0 bridgehead atoms. The van der Waals surface area contributed by atoms with E-state index in [4.69, 9.17) is 0 Å². The molecule has 0 saturated carbocycles. The molecular weight excluding hydrogens is 343 g/mol. The second-order valence-electron chi connectivity index (χ2n) is 10.0. The van der Waals surface area contributed by atoms with Gasteiger partial charge in [0.1, 0.15) is 30.8 Å². The molecule has 0 radical (unpaired) electrons. The van der Waals surface area contributed by atoms with Gasteiger partial charge in [0, 0.05) is 0 Å². The average molecular weight is 384 g/mol. The molecule has 2 rings (SSSR count). The first-order valence-corrected chi connectivity index (χ1v) is 11.1. The molecule has 3 nitrogen and oxygen atoms in total. The van der Waals surface area contributed by atoms with Gasteiger partial charge >= 0.3 is 0 Å². The lowest BCUT2D eigenvalue weighted by Gasteiger charge is -2.35. The van der Waals surface area contributed by atoms with E-state index in [0.717, 1.165) is 19.0 Å². The molecule has 0 fully saturated rings. The summed E-state index contributed by atoms with van der Waals surface area (Å²) in [6.45, 7) is 20.5. The Morgan fingerprint density at radius 3 is 1.93 bits per heavy atom. The van der Waals surface area contributed by atoms with Gasteiger partial charge in [0.05, 0.1) is 11.8 Å². The first-order valence-electron chi connectivity index (χ1n) is 11.1. The summed E-state index contributed by atoms with van der Waals surface area (Å²) in [5.74, 6) is 0. The Labute approximate surface area is 172 Å². The Hall–Kier alpha value is -1.55. The van der Waals surface area contributed by atoms with Gasteiger partial charge in [-0.25, -0.2) is 4.57 Å². The number of rotatable bonds is 7. The second kappa shape index (κ2) is 8.45. The van der Waals surface area contributed by atoms with Gasteiger partial charge < -0.3 is 5.11 Å². The molecule has 0 saturated heterocycles. The van der Waals surface area contributed by atoms with Crippen LogP contribution in [0.4, 0.5) is 0 Å². The lowest BCUT2D eigenvalue weighted by Crippen LogP contribution is -2.66. The van der Waals surface area contributed by atoms with Crippen molar-refractivity contribution in [3.8, 4) is 5.69 Å². The number of aromatic nitrogens is 2. The van der Waals surface area contributed by atoms with Crippen LogP contribution in [0.5, 0.6) is 0 Å². The van der Waals surface area contributed by atoms with Gasteiger partial charge in [0.15, 0.2) is 0 Å². The molecule has 0 aliphatic rings. The zero-order valence-corrected chi connectivity index (χ0v) is 19.6. The number of aliphatic hydroxyl groups excluding tert-OH is 1. The Balaban J connectivity index is 2.75. The number of aryl methyl sites for hydroxylation is 3. The highest BCUT2D eigenvalue weighted by molar-refractivity contribution is 6.90. The lowest BCUT2D eigenvalue weighted by atomic mass is 9.19. The smallest absolute Gasteiger partial charge is 0.134 e. The van der Waals surface area contributed by atoms with Crippen LogP contribution in [-0.2, 0) is 6.54 Å². The third kappa shape index (κ3) is 4.22. The monoisotopic (exact) mass is 384 g/mol. The van der Waals surface area contributed by atoms with Crippen LogP contribution in [0, 0.1) is 26.2 Å². The van der Waals surface area contributed by atoms with Crippen LogP contribution in [0.2, 0.25) is 19.0 Å². The molecule has 4 heteroatoms. The number of hydrogen-bond acceptors (Lipinski definition) is 1. The first-order chi connectivity index (χ1) is 13.0. The number of benzene rings is 1. The molecule has 156 valence electrons. The van der Waals surface area contributed by atoms with Crippen LogP contribution in [-0.4, -0.2) is 21.9 Å². The van der Waals surface area contributed by atoms with Gasteiger partial charge in [-0.3, -0.25) is 4.57 Å². The summed E-state index contributed by atoms with van der Waals surface area (Å²) in [5, 5.41) is 10.8. The molecule has 1 heterocycles. The van der Waals surface area contributed by atoms with E-state index in [9.17, 15) is 5.11 Å². The minimum absolute atomic E-state index is 0.137. The zero-order valence-electron chi connectivity index (χ0n) is 19.6. The van der Waals surface area contributed by atoms with E-state index in [1.165, 1.54) is 28.1 Å². The largest absolute Gasteiger partial charge is 0.388 e. The van der Waals surface area contributed by atoms with E-state index in [1.54, 1.807) is 0 Å². The van der Waals surface area contributed by atoms with Gasteiger partial charge in [-0.15, -0.1) is 0 Å². The predicted octanol–water partition coefficient (Wildman–Crippen LogP) is 4.81. The zero-order chi connectivity index (χ0) is 21.3. The quantitative estimate of drug-likeness (QED) is 0.539. The number of nitrogens with zero attached hydrogens (tertiary/aromatic N) is 2. The minimum atomic E-state index is -0.709. The van der Waals surface area contributed by atoms with Gasteiger partial charge in [-0.2, -0.15) is 19.0 Å². The molecule has 0 aliphatic heterocycles. The Kier molecular flexibility index (Phi) is 6.86. The fourth-order valence-corrected chi connectivity index (χ4v) is 4.85. The highest BCUT2D eigenvalue weighted by Gasteiger charge is 2.36. The summed E-state index contributed by atoms with van der Waals surface area (Å²) in [7, 11) is 0.